The molecule has 1 atom stereocenters. The van der Waals surface area contributed by atoms with E-state index in [4.69, 9.17) is 21.1 Å². The molecule has 2 aromatic carbocycles. The molecule has 0 aromatic heterocycles. The summed E-state index contributed by atoms with van der Waals surface area (Å²) in [7, 11) is 1.76. The molecule has 5 nitrogen and oxygen atoms in total. The Balaban J connectivity index is 1.61. The molecule has 150 valence electrons. The number of hydrogen-bond acceptors (Lipinski definition) is 4. The lowest BCUT2D eigenvalue weighted by molar-refractivity contribution is -0.128. The Kier molecular flexibility index (Phi) is 6.47. The molecule has 6 heteroatoms. The van der Waals surface area contributed by atoms with Gasteiger partial charge in [0, 0.05) is 36.6 Å². The van der Waals surface area contributed by atoms with Crippen molar-refractivity contribution in [1.82, 2.24) is 0 Å². The van der Waals surface area contributed by atoms with Gasteiger partial charge in [-0.3, -0.25) is 4.79 Å². The van der Waals surface area contributed by atoms with Gasteiger partial charge < -0.3 is 19.7 Å². The van der Waals surface area contributed by atoms with Crippen LogP contribution in [0.15, 0.2) is 48.5 Å². The molecular formula is C22H27ClN2O3. The summed E-state index contributed by atoms with van der Waals surface area (Å²) in [6.45, 7) is 5.39. The van der Waals surface area contributed by atoms with Crippen molar-refractivity contribution in [2.75, 3.05) is 30.4 Å². The molecule has 0 bridgehead atoms. The van der Waals surface area contributed by atoms with E-state index in [9.17, 15) is 4.79 Å². The molecule has 2 aromatic rings. The maximum absolute atomic E-state index is 12.7. The molecule has 1 heterocycles. The molecule has 1 unspecified atom stereocenters. The number of ether oxygens (including phenoxy) is 2. The number of carbonyl (C=O) groups excluding carboxylic acids is 1. The molecular weight excluding hydrogens is 376 g/mol. The van der Waals surface area contributed by atoms with Gasteiger partial charge in [0.15, 0.2) is 5.60 Å². The van der Waals surface area contributed by atoms with E-state index in [1.807, 2.05) is 24.3 Å². The van der Waals surface area contributed by atoms with Crippen LogP contribution in [0.1, 0.15) is 26.7 Å². The van der Waals surface area contributed by atoms with Crippen molar-refractivity contribution in [1.29, 1.82) is 0 Å². The fraction of sp³-hybridized carbons (Fsp3) is 0.409. The maximum atomic E-state index is 12.7. The lowest BCUT2D eigenvalue weighted by Crippen LogP contribution is -2.42. The maximum Gasteiger partial charge on any atom is 0.267 e. The van der Waals surface area contributed by atoms with Crippen LogP contribution in [0.5, 0.6) is 5.75 Å². The number of nitrogens with zero attached hydrogens (tertiary/aromatic N) is 1. The SMILES string of the molecule is COC1CCCN(c2ccc(NC(=O)C(C)(C)Oc3ccc(Cl)cc3)cc2)C1. The monoisotopic (exact) mass is 402 g/mol. The van der Waals surface area contributed by atoms with Crippen molar-refractivity contribution in [3.63, 3.8) is 0 Å². The zero-order valence-corrected chi connectivity index (χ0v) is 17.3. The second-order valence-corrected chi connectivity index (χ2v) is 7.95. The van der Waals surface area contributed by atoms with Crippen LogP contribution in [-0.2, 0) is 9.53 Å². The van der Waals surface area contributed by atoms with Crippen LogP contribution in [0, 0.1) is 0 Å². The molecule has 3 rings (SSSR count). The smallest absolute Gasteiger partial charge is 0.267 e. The lowest BCUT2D eigenvalue weighted by Gasteiger charge is -2.33. The molecule has 0 spiro atoms. The summed E-state index contributed by atoms with van der Waals surface area (Å²) < 4.78 is 11.3. The summed E-state index contributed by atoms with van der Waals surface area (Å²) in [4.78, 5) is 15.0. The molecule has 1 saturated heterocycles. The summed E-state index contributed by atoms with van der Waals surface area (Å²) in [6.07, 6.45) is 2.50. The number of hydrogen-bond donors (Lipinski definition) is 1. The molecule has 1 aliphatic heterocycles. The number of piperidine rings is 1. The number of benzene rings is 2. The summed E-state index contributed by atoms with van der Waals surface area (Å²) >= 11 is 5.89. The first-order valence-electron chi connectivity index (χ1n) is 9.51. The van der Waals surface area contributed by atoms with Crippen LogP contribution in [0.4, 0.5) is 11.4 Å². The van der Waals surface area contributed by atoms with Gasteiger partial charge in [0.1, 0.15) is 5.75 Å². The van der Waals surface area contributed by atoms with Crippen molar-refractivity contribution in [3.8, 4) is 5.75 Å². The van der Waals surface area contributed by atoms with Crippen molar-refractivity contribution in [3.05, 3.63) is 53.6 Å². The van der Waals surface area contributed by atoms with E-state index in [-0.39, 0.29) is 12.0 Å². The Morgan fingerprint density at radius 3 is 2.46 bits per heavy atom. The highest BCUT2D eigenvalue weighted by Crippen LogP contribution is 2.25. The largest absolute Gasteiger partial charge is 0.478 e. The molecule has 1 aliphatic rings. The van der Waals surface area contributed by atoms with Crippen LogP contribution < -0.4 is 15.0 Å². The highest BCUT2D eigenvalue weighted by Gasteiger charge is 2.30. The van der Waals surface area contributed by atoms with Gasteiger partial charge in [0.05, 0.1) is 6.10 Å². The van der Waals surface area contributed by atoms with Gasteiger partial charge >= 0.3 is 0 Å². The van der Waals surface area contributed by atoms with E-state index in [0.29, 0.717) is 10.8 Å². The lowest BCUT2D eigenvalue weighted by atomic mass is 10.1. The van der Waals surface area contributed by atoms with E-state index in [0.717, 1.165) is 37.3 Å². The first-order chi connectivity index (χ1) is 13.4. The average Bonchev–Trinajstić information content (AvgIpc) is 2.70. The van der Waals surface area contributed by atoms with E-state index in [2.05, 4.69) is 10.2 Å². The third-order valence-corrected chi connectivity index (χ3v) is 5.19. The van der Waals surface area contributed by atoms with E-state index >= 15 is 0 Å². The molecule has 0 saturated carbocycles. The van der Waals surface area contributed by atoms with Crippen molar-refractivity contribution < 1.29 is 14.3 Å². The molecule has 0 radical (unpaired) electrons. The number of methoxy groups -OCH3 is 1. The minimum absolute atomic E-state index is 0.215. The van der Waals surface area contributed by atoms with Crippen molar-refractivity contribution >= 4 is 28.9 Å². The first-order valence-corrected chi connectivity index (χ1v) is 9.89. The number of rotatable bonds is 6. The number of halogens is 1. The normalized spacial score (nSPS) is 17.3. The fourth-order valence-electron chi connectivity index (χ4n) is 3.25. The third kappa shape index (κ3) is 5.18. The summed E-state index contributed by atoms with van der Waals surface area (Å²) in [5, 5.41) is 3.56. The quantitative estimate of drug-likeness (QED) is 0.757. The van der Waals surface area contributed by atoms with Gasteiger partial charge in [-0.25, -0.2) is 0 Å². The average molecular weight is 403 g/mol. The predicted molar refractivity (Wildman–Crippen MR) is 113 cm³/mol. The summed E-state index contributed by atoms with van der Waals surface area (Å²) in [5.74, 6) is 0.380. The van der Waals surface area contributed by atoms with E-state index in [1.165, 1.54) is 0 Å². The van der Waals surface area contributed by atoms with Crippen molar-refractivity contribution in [2.24, 2.45) is 0 Å². The van der Waals surface area contributed by atoms with Gasteiger partial charge in [-0.1, -0.05) is 11.6 Å². The molecule has 28 heavy (non-hydrogen) atoms. The third-order valence-electron chi connectivity index (χ3n) is 4.94. The van der Waals surface area contributed by atoms with Gasteiger partial charge in [-0.05, 0) is 75.2 Å². The number of amides is 1. The second kappa shape index (κ2) is 8.84. The Hall–Kier alpha value is -2.24. The molecule has 1 N–H and O–H groups in total. The molecule has 1 amide bonds. The van der Waals surface area contributed by atoms with Gasteiger partial charge in [0.2, 0.25) is 0 Å². The van der Waals surface area contributed by atoms with Crippen LogP contribution in [0.25, 0.3) is 0 Å². The number of carbonyl (C=O) groups is 1. The Morgan fingerprint density at radius 1 is 1.14 bits per heavy atom. The van der Waals surface area contributed by atoms with E-state index < -0.39 is 5.60 Å². The van der Waals surface area contributed by atoms with Gasteiger partial charge in [0.25, 0.3) is 5.91 Å². The van der Waals surface area contributed by atoms with Crippen LogP contribution >= 0.6 is 11.6 Å². The Morgan fingerprint density at radius 2 is 1.82 bits per heavy atom. The van der Waals surface area contributed by atoms with Gasteiger partial charge in [-0.2, -0.15) is 0 Å². The molecule has 1 fully saturated rings. The number of anilines is 2. The topological polar surface area (TPSA) is 50.8 Å². The fourth-order valence-corrected chi connectivity index (χ4v) is 3.37. The standard InChI is InChI=1S/C22H27ClN2O3/c1-22(2,28-19-12-6-16(23)7-13-19)21(26)24-17-8-10-18(11-9-17)25-14-4-5-20(15-25)27-3/h6-13,20H,4-5,14-15H2,1-3H3,(H,24,26). The van der Waals surface area contributed by atoms with Crippen LogP contribution in [0.3, 0.4) is 0 Å². The Labute approximate surface area is 171 Å². The molecule has 0 aliphatic carbocycles. The Bertz CT molecular complexity index is 790. The van der Waals surface area contributed by atoms with Crippen LogP contribution in [0.2, 0.25) is 5.02 Å². The summed E-state index contributed by atoms with van der Waals surface area (Å²) in [5.41, 5.74) is 0.851. The van der Waals surface area contributed by atoms with Crippen molar-refractivity contribution in [2.45, 2.75) is 38.4 Å². The highest BCUT2D eigenvalue weighted by molar-refractivity contribution is 6.30. The zero-order valence-electron chi connectivity index (χ0n) is 16.6. The summed E-state index contributed by atoms with van der Waals surface area (Å²) in [6, 6.07) is 14.9. The first kappa shape index (κ1) is 20.5. The highest BCUT2D eigenvalue weighted by atomic mass is 35.5. The predicted octanol–water partition coefficient (Wildman–Crippen LogP) is 4.75. The van der Waals surface area contributed by atoms with E-state index in [1.54, 1.807) is 45.2 Å². The number of nitrogens with one attached hydrogen (secondary N) is 1. The minimum Gasteiger partial charge on any atom is -0.478 e. The second-order valence-electron chi connectivity index (χ2n) is 7.51. The minimum atomic E-state index is -1.02. The zero-order chi connectivity index (χ0) is 20.1. The van der Waals surface area contributed by atoms with Crippen LogP contribution in [-0.4, -0.2) is 37.8 Å². The van der Waals surface area contributed by atoms with Gasteiger partial charge in [-0.15, -0.1) is 0 Å².